The van der Waals surface area contributed by atoms with Crippen LogP contribution in [0.15, 0.2) is 16.7 Å². The molecule has 98 valence electrons. The number of hydrogen-bond donors (Lipinski definition) is 1. The molecule has 1 aliphatic heterocycles. The Hall–Kier alpha value is -2.50. The van der Waals surface area contributed by atoms with Crippen LogP contribution in [0.5, 0.6) is 11.5 Å². The van der Waals surface area contributed by atoms with Gasteiger partial charge in [0.15, 0.2) is 11.5 Å². The minimum atomic E-state index is -1.14. The maximum Gasteiger partial charge on any atom is 0.374 e. The molecule has 0 saturated heterocycles. The second-order valence-electron chi connectivity index (χ2n) is 4.29. The highest BCUT2D eigenvalue weighted by Gasteiger charge is 2.22. The van der Waals surface area contributed by atoms with Gasteiger partial charge in [-0.2, -0.15) is 0 Å². The van der Waals surface area contributed by atoms with Gasteiger partial charge in [-0.3, -0.25) is 0 Å². The highest BCUT2D eigenvalue weighted by atomic mass is 16.7. The third-order valence-corrected chi connectivity index (χ3v) is 3.22. The molecule has 0 amide bonds. The van der Waals surface area contributed by atoms with Crippen LogP contribution in [0.4, 0.5) is 0 Å². The maximum absolute atomic E-state index is 10.8. The molecule has 0 saturated carbocycles. The Morgan fingerprint density at radius 1 is 1.26 bits per heavy atom. The Kier molecular flexibility index (Phi) is 2.45. The lowest BCUT2D eigenvalue weighted by molar-refractivity contribution is 0.0652. The van der Waals surface area contributed by atoms with Gasteiger partial charge < -0.3 is 19.1 Å². The minimum absolute atomic E-state index is 0.190. The summed E-state index contributed by atoms with van der Waals surface area (Å²) in [6, 6.07) is 3.18. The van der Waals surface area contributed by atoms with Crippen LogP contribution in [-0.4, -0.2) is 23.0 Å². The van der Waals surface area contributed by atoms with Crippen molar-refractivity contribution in [3.63, 3.8) is 0 Å². The summed E-state index contributed by atoms with van der Waals surface area (Å²) < 4.78 is 15.5. The van der Waals surface area contributed by atoms with E-state index in [2.05, 4.69) is 5.16 Å². The lowest BCUT2D eigenvalue weighted by Gasteiger charge is -2.09. The van der Waals surface area contributed by atoms with E-state index in [0.29, 0.717) is 11.4 Å². The number of carbonyl (C=O) groups is 1. The zero-order valence-corrected chi connectivity index (χ0v) is 10.4. The quantitative estimate of drug-likeness (QED) is 0.893. The average Bonchev–Trinajstić information content (AvgIpc) is 3.01. The van der Waals surface area contributed by atoms with E-state index in [9.17, 15) is 4.79 Å². The second-order valence-corrected chi connectivity index (χ2v) is 4.29. The van der Waals surface area contributed by atoms with Crippen LogP contribution in [0.1, 0.15) is 21.7 Å². The Morgan fingerprint density at radius 2 is 2.05 bits per heavy atom. The summed E-state index contributed by atoms with van der Waals surface area (Å²) in [6.07, 6.45) is 0. The monoisotopic (exact) mass is 261 g/mol. The first-order valence-electron chi connectivity index (χ1n) is 5.68. The van der Waals surface area contributed by atoms with Crippen LogP contribution >= 0.6 is 0 Å². The molecule has 2 aromatic rings. The zero-order chi connectivity index (χ0) is 13.6. The Bertz CT molecular complexity index is 674. The Balaban J connectivity index is 2.14. The fourth-order valence-corrected chi connectivity index (χ4v) is 2.07. The van der Waals surface area contributed by atoms with E-state index in [4.69, 9.17) is 19.1 Å². The molecule has 6 heteroatoms. The van der Waals surface area contributed by atoms with Crippen LogP contribution in [0.2, 0.25) is 0 Å². The molecule has 2 heterocycles. The molecule has 0 radical (unpaired) electrons. The van der Waals surface area contributed by atoms with E-state index in [1.165, 1.54) is 6.07 Å². The molecule has 0 unspecified atom stereocenters. The summed E-state index contributed by atoms with van der Waals surface area (Å²) in [5, 5.41) is 12.6. The van der Waals surface area contributed by atoms with Crippen molar-refractivity contribution in [1.29, 1.82) is 0 Å². The largest absolute Gasteiger partial charge is 0.475 e. The summed E-state index contributed by atoms with van der Waals surface area (Å²) in [5.74, 6) is 0.0276. The van der Waals surface area contributed by atoms with Crippen LogP contribution < -0.4 is 9.47 Å². The lowest BCUT2D eigenvalue weighted by atomic mass is 9.99. The summed E-state index contributed by atoms with van der Waals surface area (Å²) in [7, 11) is 0. The molecule has 0 aliphatic carbocycles. The maximum atomic E-state index is 10.8. The predicted octanol–water partition coefficient (Wildman–Crippen LogP) is 2.39. The first-order valence-corrected chi connectivity index (χ1v) is 5.68. The Morgan fingerprint density at radius 3 is 2.74 bits per heavy atom. The smallest absolute Gasteiger partial charge is 0.374 e. The fourth-order valence-electron chi connectivity index (χ4n) is 2.07. The third-order valence-electron chi connectivity index (χ3n) is 3.22. The second kappa shape index (κ2) is 4.01. The van der Waals surface area contributed by atoms with Gasteiger partial charge in [0, 0.05) is 11.6 Å². The molecular formula is C13H11NO5. The third kappa shape index (κ3) is 1.72. The van der Waals surface area contributed by atoms with E-state index in [0.717, 1.165) is 22.4 Å². The summed E-state index contributed by atoms with van der Waals surface area (Å²) in [6.45, 7) is 4.03. The van der Waals surface area contributed by atoms with Crippen molar-refractivity contribution in [2.24, 2.45) is 0 Å². The number of fused-ring (bicyclic) bond motifs is 1. The summed E-state index contributed by atoms with van der Waals surface area (Å²) >= 11 is 0. The summed E-state index contributed by atoms with van der Waals surface area (Å²) in [5.41, 5.74) is 3.15. The van der Waals surface area contributed by atoms with Crippen molar-refractivity contribution in [2.45, 2.75) is 13.8 Å². The van der Waals surface area contributed by atoms with Gasteiger partial charge in [-0.05, 0) is 31.0 Å². The molecule has 0 fully saturated rings. The van der Waals surface area contributed by atoms with Gasteiger partial charge in [-0.15, -0.1) is 0 Å². The number of aromatic nitrogens is 1. The molecule has 0 bridgehead atoms. The number of carboxylic acids is 1. The molecule has 3 rings (SSSR count). The van der Waals surface area contributed by atoms with Crippen molar-refractivity contribution in [1.82, 2.24) is 5.16 Å². The molecule has 19 heavy (non-hydrogen) atoms. The van der Waals surface area contributed by atoms with E-state index < -0.39 is 5.97 Å². The number of carboxylic acid groups (broad SMARTS) is 1. The number of nitrogens with zero attached hydrogens (tertiary/aromatic N) is 1. The zero-order valence-electron chi connectivity index (χ0n) is 10.4. The Labute approximate surface area is 108 Å². The number of ether oxygens (including phenoxy) is 2. The normalized spacial score (nSPS) is 12.7. The first kappa shape index (κ1) is 11.6. The van der Waals surface area contributed by atoms with Crippen LogP contribution in [0, 0.1) is 13.8 Å². The predicted molar refractivity (Wildman–Crippen MR) is 64.5 cm³/mol. The highest BCUT2D eigenvalue weighted by molar-refractivity contribution is 5.86. The standard InChI is InChI=1S/C13H11NO5/c1-6-7(2)12-10(17-5-18-12)3-8(6)9-4-11(13(15)16)19-14-9/h3-4H,5H2,1-2H3,(H,15,16). The van der Waals surface area contributed by atoms with Crippen molar-refractivity contribution in [3.05, 3.63) is 29.0 Å². The SMILES string of the molecule is Cc1c(-c2cc(C(=O)O)on2)cc2c(c1C)OCO2. The van der Waals surface area contributed by atoms with Crippen molar-refractivity contribution < 1.29 is 23.9 Å². The van der Waals surface area contributed by atoms with E-state index >= 15 is 0 Å². The van der Waals surface area contributed by atoms with Gasteiger partial charge in [-0.1, -0.05) is 5.16 Å². The van der Waals surface area contributed by atoms with Crippen molar-refractivity contribution >= 4 is 5.97 Å². The minimum Gasteiger partial charge on any atom is -0.475 e. The van der Waals surface area contributed by atoms with Crippen molar-refractivity contribution in [2.75, 3.05) is 6.79 Å². The molecule has 0 atom stereocenters. The molecule has 1 aromatic heterocycles. The topological polar surface area (TPSA) is 81.8 Å². The average molecular weight is 261 g/mol. The van der Waals surface area contributed by atoms with Gasteiger partial charge in [-0.25, -0.2) is 4.79 Å². The fraction of sp³-hybridized carbons (Fsp3) is 0.231. The van der Waals surface area contributed by atoms with Gasteiger partial charge in [0.2, 0.25) is 12.6 Å². The molecule has 1 N–H and O–H groups in total. The summed E-state index contributed by atoms with van der Waals surface area (Å²) in [4.78, 5) is 10.8. The number of hydrogen-bond acceptors (Lipinski definition) is 5. The van der Waals surface area contributed by atoms with Crippen LogP contribution in [0.3, 0.4) is 0 Å². The van der Waals surface area contributed by atoms with Gasteiger partial charge in [0.05, 0.1) is 0 Å². The number of aromatic carboxylic acids is 1. The highest BCUT2D eigenvalue weighted by Crippen LogP contribution is 2.41. The van der Waals surface area contributed by atoms with E-state index in [1.54, 1.807) is 6.07 Å². The van der Waals surface area contributed by atoms with Gasteiger partial charge in [0.1, 0.15) is 5.69 Å². The van der Waals surface area contributed by atoms with E-state index in [1.807, 2.05) is 13.8 Å². The molecule has 0 spiro atoms. The van der Waals surface area contributed by atoms with Crippen molar-refractivity contribution in [3.8, 4) is 22.8 Å². The molecule has 1 aromatic carbocycles. The van der Waals surface area contributed by atoms with E-state index in [-0.39, 0.29) is 12.6 Å². The molecule has 6 nitrogen and oxygen atoms in total. The number of benzene rings is 1. The molecular weight excluding hydrogens is 250 g/mol. The van der Waals surface area contributed by atoms with Crippen LogP contribution in [-0.2, 0) is 0 Å². The van der Waals surface area contributed by atoms with Gasteiger partial charge >= 0.3 is 5.97 Å². The molecule has 1 aliphatic rings. The van der Waals surface area contributed by atoms with Crippen LogP contribution in [0.25, 0.3) is 11.3 Å². The van der Waals surface area contributed by atoms with Gasteiger partial charge in [0.25, 0.3) is 0 Å². The first-order chi connectivity index (χ1) is 9.08. The number of rotatable bonds is 2. The lowest BCUT2D eigenvalue weighted by Crippen LogP contribution is -1.93.